The third-order valence-corrected chi connectivity index (χ3v) is 3.84. The summed E-state index contributed by atoms with van der Waals surface area (Å²) in [6, 6.07) is 11.1. The molecular weight excluding hydrogens is 314 g/mol. The van der Waals surface area contributed by atoms with E-state index in [9.17, 15) is 9.59 Å². The van der Waals surface area contributed by atoms with Crippen LogP contribution in [0.3, 0.4) is 0 Å². The Hall–Kier alpha value is -2.69. The van der Waals surface area contributed by atoms with Gasteiger partial charge in [0.25, 0.3) is 11.8 Å². The molecule has 25 heavy (non-hydrogen) atoms. The van der Waals surface area contributed by atoms with Crippen molar-refractivity contribution in [3.8, 4) is 0 Å². The van der Waals surface area contributed by atoms with E-state index in [0.717, 1.165) is 12.0 Å². The number of nitrogens with zero attached hydrogens (tertiary/aromatic N) is 1. The fourth-order valence-electron chi connectivity index (χ4n) is 2.25. The standard InChI is InChI=1S/C20H25N3O2/c1-14(2)8-10-22-20(25)18-12-17(9-11-21-18)19(24)23-13-16-6-4-15(3)5-7-16/h4-7,9,11-12,14H,8,10,13H2,1-3H3,(H,22,25)(H,23,24). The maximum atomic E-state index is 12.3. The summed E-state index contributed by atoms with van der Waals surface area (Å²) in [6.45, 7) is 7.26. The molecule has 0 unspecified atom stereocenters. The number of amides is 2. The highest BCUT2D eigenvalue weighted by Gasteiger charge is 2.11. The van der Waals surface area contributed by atoms with Crippen molar-refractivity contribution in [3.05, 3.63) is 65.0 Å². The SMILES string of the molecule is Cc1ccc(CNC(=O)c2ccnc(C(=O)NCCC(C)C)c2)cc1. The summed E-state index contributed by atoms with van der Waals surface area (Å²) in [7, 11) is 0. The number of aryl methyl sites for hydroxylation is 1. The van der Waals surface area contributed by atoms with E-state index in [4.69, 9.17) is 0 Å². The van der Waals surface area contributed by atoms with E-state index in [-0.39, 0.29) is 17.5 Å². The molecule has 132 valence electrons. The van der Waals surface area contributed by atoms with E-state index in [1.807, 2.05) is 31.2 Å². The van der Waals surface area contributed by atoms with Gasteiger partial charge in [0.1, 0.15) is 5.69 Å². The molecule has 0 fully saturated rings. The largest absolute Gasteiger partial charge is 0.351 e. The van der Waals surface area contributed by atoms with Crippen molar-refractivity contribution in [1.82, 2.24) is 15.6 Å². The number of carbonyl (C=O) groups excluding carboxylic acids is 2. The van der Waals surface area contributed by atoms with Gasteiger partial charge in [-0.3, -0.25) is 14.6 Å². The first-order chi connectivity index (χ1) is 12.0. The second kappa shape index (κ2) is 8.97. The van der Waals surface area contributed by atoms with Crippen LogP contribution in [0.25, 0.3) is 0 Å². The summed E-state index contributed by atoms with van der Waals surface area (Å²) in [4.78, 5) is 28.5. The fraction of sp³-hybridized carbons (Fsp3) is 0.350. The van der Waals surface area contributed by atoms with E-state index < -0.39 is 0 Å². The van der Waals surface area contributed by atoms with E-state index in [0.29, 0.717) is 24.6 Å². The first-order valence-electron chi connectivity index (χ1n) is 8.53. The van der Waals surface area contributed by atoms with Gasteiger partial charge in [-0.15, -0.1) is 0 Å². The number of pyridine rings is 1. The van der Waals surface area contributed by atoms with Gasteiger partial charge in [-0.05, 0) is 37.0 Å². The second-order valence-corrected chi connectivity index (χ2v) is 6.54. The van der Waals surface area contributed by atoms with Crippen LogP contribution in [-0.2, 0) is 6.54 Å². The van der Waals surface area contributed by atoms with E-state index in [1.165, 1.54) is 17.8 Å². The zero-order chi connectivity index (χ0) is 18.2. The monoisotopic (exact) mass is 339 g/mol. The van der Waals surface area contributed by atoms with Crippen LogP contribution in [0, 0.1) is 12.8 Å². The molecule has 1 aromatic carbocycles. The molecular formula is C20H25N3O2. The fourth-order valence-corrected chi connectivity index (χ4v) is 2.25. The lowest BCUT2D eigenvalue weighted by Gasteiger charge is -2.08. The van der Waals surface area contributed by atoms with Gasteiger partial charge < -0.3 is 10.6 Å². The van der Waals surface area contributed by atoms with E-state index in [1.54, 1.807) is 6.07 Å². The molecule has 5 nitrogen and oxygen atoms in total. The minimum Gasteiger partial charge on any atom is -0.351 e. The highest BCUT2D eigenvalue weighted by atomic mass is 16.2. The predicted octanol–water partition coefficient (Wildman–Crippen LogP) is 3.10. The molecule has 1 aromatic heterocycles. The maximum Gasteiger partial charge on any atom is 0.269 e. The number of carbonyl (C=O) groups is 2. The predicted molar refractivity (Wildman–Crippen MR) is 98.4 cm³/mol. The van der Waals surface area contributed by atoms with Crippen molar-refractivity contribution in [2.24, 2.45) is 5.92 Å². The number of hydrogen-bond acceptors (Lipinski definition) is 3. The quantitative estimate of drug-likeness (QED) is 0.814. The lowest BCUT2D eigenvalue weighted by molar-refractivity contribution is 0.0947. The van der Waals surface area contributed by atoms with Crippen LogP contribution in [-0.4, -0.2) is 23.3 Å². The Morgan fingerprint density at radius 3 is 2.44 bits per heavy atom. The van der Waals surface area contributed by atoms with Crippen molar-refractivity contribution in [1.29, 1.82) is 0 Å². The molecule has 0 aliphatic rings. The third kappa shape index (κ3) is 6.03. The van der Waals surface area contributed by atoms with Gasteiger partial charge >= 0.3 is 0 Å². The molecule has 2 aromatic rings. The summed E-state index contributed by atoms with van der Waals surface area (Å²) in [6.07, 6.45) is 2.39. The van der Waals surface area contributed by atoms with Gasteiger partial charge in [0, 0.05) is 24.8 Å². The molecule has 1 heterocycles. The Kier molecular flexibility index (Phi) is 6.69. The molecule has 0 aliphatic carbocycles. The van der Waals surface area contributed by atoms with Crippen LogP contribution in [0.15, 0.2) is 42.6 Å². The summed E-state index contributed by atoms with van der Waals surface area (Å²) in [5.41, 5.74) is 2.89. The topological polar surface area (TPSA) is 71.1 Å². The smallest absolute Gasteiger partial charge is 0.269 e. The zero-order valence-electron chi connectivity index (χ0n) is 15.0. The van der Waals surface area contributed by atoms with Crippen LogP contribution in [0.4, 0.5) is 0 Å². The zero-order valence-corrected chi connectivity index (χ0v) is 15.0. The molecule has 0 radical (unpaired) electrons. The van der Waals surface area contributed by atoms with Crippen LogP contribution in [0.2, 0.25) is 0 Å². The highest BCUT2D eigenvalue weighted by Crippen LogP contribution is 2.06. The molecule has 2 N–H and O–H groups in total. The molecule has 5 heteroatoms. The summed E-state index contributed by atoms with van der Waals surface area (Å²) in [5.74, 6) is 0.0418. The lowest BCUT2D eigenvalue weighted by atomic mass is 10.1. The molecule has 0 saturated heterocycles. The average molecular weight is 339 g/mol. The maximum absolute atomic E-state index is 12.3. The van der Waals surface area contributed by atoms with Gasteiger partial charge in [0.2, 0.25) is 0 Å². The Labute approximate surface area is 148 Å². The van der Waals surface area contributed by atoms with Crippen LogP contribution < -0.4 is 10.6 Å². The normalized spacial score (nSPS) is 10.6. The molecule has 0 bridgehead atoms. The summed E-state index contributed by atoms with van der Waals surface area (Å²) >= 11 is 0. The minimum absolute atomic E-state index is 0.223. The summed E-state index contributed by atoms with van der Waals surface area (Å²) < 4.78 is 0. The number of rotatable bonds is 7. The Bertz CT molecular complexity index is 724. The molecule has 2 rings (SSSR count). The van der Waals surface area contributed by atoms with E-state index >= 15 is 0 Å². The van der Waals surface area contributed by atoms with Gasteiger partial charge in [-0.25, -0.2) is 0 Å². The average Bonchev–Trinajstić information content (AvgIpc) is 2.60. The van der Waals surface area contributed by atoms with Crippen LogP contribution in [0.1, 0.15) is 52.2 Å². The third-order valence-electron chi connectivity index (χ3n) is 3.84. The molecule has 0 saturated carbocycles. The highest BCUT2D eigenvalue weighted by molar-refractivity contribution is 5.98. The first kappa shape index (κ1) is 18.6. The number of nitrogens with one attached hydrogen (secondary N) is 2. The van der Waals surface area contributed by atoms with Crippen molar-refractivity contribution in [3.63, 3.8) is 0 Å². The molecule has 2 amide bonds. The summed E-state index contributed by atoms with van der Waals surface area (Å²) in [5, 5.41) is 5.69. The minimum atomic E-state index is -0.256. The molecule has 0 spiro atoms. The first-order valence-corrected chi connectivity index (χ1v) is 8.53. The Morgan fingerprint density at radius 1 is 1.04 bits per heavy atom. The van der Waals surface area contributed by atoms with Gasteiger partial charge in [-0.1, -0.05) is 43.7 Å². The van der Waals surface area contributed by atoms with Crippen LogP contribution >= 0.6 is 0 Å². The second-order valence-electron chi connectivity index (χ2n) is 6.54. The van der Waals surface area contributed by atoms with E-state index in [2.05, 4.69) is 29.5 Å². The molecule has 0 atom stereocenters. The van der Waals surface area contributed by atoms with Crippen molar-refractivity contribution in [2.45, 2.75) is 33.7 Å². The van der Waals surface area contributed by atoms with Crippen molar-refractivity contribution >= 4 is 11.8 Å². The van der Waals surface area contributed by atoms with Gasteiger partial charge in [0.05, 0.1) is 0 Å². The van der Waals surface area contributed by atoms with Crippen molar-refractivity contribution < 1.29 is 9.59 Å². The van der Waals surface area contributed by atoms with Crippen LogP contribution in [0.5, 0.6) is 0 Å². The van der Waals surface area contributed by atoms with Crippen molar-refractivity contribution in [2.75, 3.05) is 6.54 Å². The number of benzene rings is 1. The lowest BCUT2D eigenvalue weighted by Crippen LogP contribution is -2.27. The molecule has 0 aliphatic heterocycles. The Balaban J connectivity index is 1.93. The Morgan fingerprint density at radius 2 is 1.76 bits per heavy atom. The number of hydrogen-bond donors (Lipinski definition) is 2. The van der Waals surface area contributed by atoms with Gasteiger partial charge in [0.15, 0.2) is 0 Å². The van der Waals surface area contributed by atoms with Gasteiger partial charge in [-0.2, -0.15) is 0 Å². The number of aromatic nitrogens is 1.